The van der Waals surface area contributed by atoms with Gasteiger partial charge in [0.1, 0.15) is 17.8 Å². The van der Waals surface area contributed by atoms with Gasteiger partial charge in [-0.25, -0.2) is 4.68 Å². The van der Waals surface area contributed by atoms with Crippen LogP contribution in [0.2, 0.25) is 0 Å². The number of methoxy groups -OCH3 is 1. The van der Waals surface area contributed by atoms with E-state index in [0.29, 0.717) is 30.4 Å². The SMILES string of the molecule is COC(=O)CC[C@@H](C)C1CCC2C3C(OC(C)=O)C[C@@H]4C[C@H](C)CC[C@]4(C)C3C(n3cc(-c4ccccn4)nn3)C(=O)[C@@]21C. The normalized spacial score (nSPS) is 38.6. The van der Waals surface area contributed by atoms with E-state index < -0.39 is 11.5 Å². The van der Waals surface area contributed by atoms with Crippen molar-refractivity contribution in [3.05, 3.63) is 30.6 Å². The van der Waals surface area contributed by atoms with Crippen molar-refractivity contribution in [3.8, 4) is 11.4 Å². The summed E-state index contributed by atoms with van der Waals surface area (Å²) in [6, 6.07) is 5.17. The second kappa shape index (κ2) is 11.7. The van der Waals surface area contributed by atoms with Gasteiger partial charge in [-0.1, -0.05) is 45.4 Å². The molecule has 9 heteroatoms. The summed E-state index contributed by atoms with van der Waals surface area (Å²) in [6.07, 6.45) is 10.3. The van der Waals surface area contributed by atoms with E-state index in [1.807, 2.05) is 29.1 Å². The van der Waals surface area contributed by atoms with E-state index in [0.717, 1.165) is 44.2 Å². The van der Waals surface area contributed by atoms with E-state index >= 15 is 4.79 Å². The topological polar surface area (TPSA) is 113 Å². The number of esters is 2. The van der Waals surface area contributed by atoms with Crippen LogP contribution in [-0.2, 0) is 23.9 Å². The number of ketones is 1. The average molecular weight is 605 g/mol. The molecule has 4 aliphatic rings. The van der Waals surface area contributed by atoms with E-state index in [4.69, 9.17) is 9.47 Å². The maximum atomic E-state index is 15.3. The fourth-order valence-corrected chi connectivity index (χ4v) is 10.5. The molecule has 44 heavy (non-hydrogen) atoms. The van der Waals surface area contributed by atoms with Crippen LogP contribution in [0.4, 0.5) is 0 Å². The Morgan fingerprint density at radius 2 is 1.93 bits per heavy atom. The molecule has 6 rings (SSSR count). The van der Waals surface area contributed by atoms with Gasteiger partial charge in [-0.05, 0) is 85.7 Å². The van der Waals surface area contributed by atoms with Gasteiger partial charge in [-0.3, -0.25) is 19.4 Å². The van der Waals surface area contributed by atoms with Gasteiger partial charge in [0.05, 0.1) is 19.0 Å². The Labute approximate surface area is 260 Å². The molecule has 2 aromatic heterocycles. The number of carbonyl (C=O) groups is 3. The quantitative estimate of drug-likeness (QED) is 0.349. The zero-order valence-electron chi connectivity index (χ0n) is 27.1. The van der Waals surface area contributed by atoms with Gasteiger partial charge in [-0.15, -0.1) is 5.10 Å². The maximum absolute atomic E-state index is 15.3. The minimum absolute atomic E-state index is 0.0292. The van der Waals surface area contributed by atoms with Crippen molar-refractivity contribution in [1.82, 2.24) is 20.0 Å². The van der Waals surface area contributed by atoms with Crippen LogP contribution in [0, 0.1) is 52.3 Å². The molecule has 4 saturated carbocycles. The van der Waals surface area contributed by atoms with Crippen LogP contribution in [-0.4, -0.2) is 50.9 Å². The van der Waals surface area contributed by atoms with Gasteiger partial charge in [0.2, 0.25) is 0 Å². The van der Waals surface area contributed by atoms with Gasteiger partial charge in [0.25, 0.3) is 0 Å². The summed E-state index contributed by atoms with van der Waals surface area (Å²) in [5.74, 6) is 1.02. The predicted octanol–water partition coefficient (Wildman–Crippen LogP) is 6.10. The molecule has 4 fully saturated rings. The molecule has 6 unspecified atom stereocenters. The molecular weight excluding hydrogens is 556 g/mol. The zero-order valence-corrected chi connectivity index (χ0v) is 27.1. The van der Waals surface area contributed by atoms with E-state index in [1.54, 1.807) is 6.20 Å². The van der Waals surface area contributed by atoms with E-state index in [1.165, 1.54) is 14.0 Å². The number of aromatic nitrogens is 4. The second-order valence-electron chi connectivity index (χ2n) is 14.8. The number of pyridine rings is 1. The molecule has 0 bridgehead atoms. The fraction of sp³-hybridized carbons (Fsp3) is 0.714. The summed E-state index contributed by atoms with van der Waals surface area (Å²) in [6.45, 7) is 10.6. The molecule has 4 aliphatic carbocycles. The highest BCUT2D eigenvalue weighted by molar-refractivity contribution is 5.91. The van der Waals surface area contributed by atoms with Gasteiger partial charge >= 0.3 is 11.9 Å². The van der Waals surface area contributed by atoms with Crippen LogP contribution < -0.4 is 0 Å². The molecule has 2 heterocycles. The first-order chi connectivity index (χ1) is 21.0. The maximum Gasteiger partial charge on any atom is 0.305 e. The van der Waals surface area contributed by atoms with Crippen molar-refractivity contribution in [3.63, 3.8) is 0 Å². The van der Waals surface area contributed by atoms with Gasteiger partial charge in [0.15, 0.2) is 5.78 Å². The number of rotatable bonds is 7. The number of hydrogen-bond acceptors (Lipinski definition) is 8. The molecule has 9 nitrogen and oxygen atoms in total. The second-order valence-corrected chi connectivity index (χ2v) is 14.8. The summed E-state index contributed by atoms with van der Waals surface area (Å²) < 4.78 is 13.0. The van der Waals surface area contributed by atoms with Crippen LogP contribution in [0.1, 0.15) is 92.0 Å². The lowest BCUT2D eigenvalue weighted by Crippen LogP contribution is -2.65. The Balaban J connectivity index is 1.48. The molecule has 11 atom stereocenters. The number of ether oxygens (including phenoxy) is 2. The van der Waals surface area contributed by atoms with Crippen LogP contribution in [0.3, 0.4) is 0 Å². The van der Waals surface area contributed by atoms with Gasteiger partial charge in [0, 0.05) is 36.8 Å². The molecule has 0 N–H and O–H groups in total. The Morgan fingerprint density at radius 1 is 1.14 bits per heavy atom. The average Bonchev–Trinajstić information content (AvgIpc) is 3.63. The third kappa shape index (κ3) is 4.98. The first-order valence-electron chi connectivity index (χ1n) is 16.6. The smallest absolute Gasteiger partial charge is 0.305 e. The van der Waals surface area contributed by atoms with Crippen molar-refractivity contribution in [2.24, 2.45) is 52.3 Å². The number of carbonyl (C=O) groups excluding carboxylic acids is 3. The zero-order chi connectivity index (χ0) is 31.4. The lowest BCUT2D eigenvalue weighted by molar-refractivity contribution is -0.203. The molecule has 0 aromatic carbocycles. The lowest BCUT2D eigenvalue weighted by atomic mass is 9.41. The Hall–Kier alpha value is -3.10. The third-order valence-corrected chi connectivity index (χ3v) is 12.6. The lowest BCUT2D eigenvalue weighted by Gasteiger charge is -2.64. The number of fused-ring (bicyclic) bond motifs is 5. The first kappa shape index (κ1) is 30.9. The predicted molar refractivity (Wildman–Crippen MR) is 164 cm³/mol. The Bertz CT molecular complexity index is 1390. The Kier molecular flexibility index (Phi) is 8.20. The summed E-state index contributed by atoms with van der Waals surface area (Å²) in [7, 11) is 1.42. The largest absolute Gasteiger partial charge is 0.469 e. The monoisotopic (exact) mass is 604 g/mol. The fourth-order valence-electron chi connectivity index (χ4n) is 10.5. The van der Waals surface area contributed by atoms with Crippen LogP contribution in [0.5, 0.6) is 0 Å². The molecule has 0 spiro atoms. The van der Waals surface area contributed by atoms with E-state index in [2.05, 4.69) is 43.0 Å². The number of nitrogens with zero attached hydrogens (tertiary/aromatic N) is 4. The molecule has 0 aliphatic heterocycles. The third-order valence-electron chi connectivity index (χ3n) is 12.6. The van der Waals surface area contributed by atoms with Crippen LogP contribution in [0.15, 0.2) is 30.6 Å². The molecule has 2 aromatic rings. The molecule has 0 radical (unpaired) electrons. The minimum atomic E-state index is -0.651. The van der Waals surface area contributed by atoms with Crippen molar-refractivity contribution >= 4 is 17.7 Å². The highest BCUT2D eigenvalue weighted by Gasteiger charge is 2.70. The van der Waals surface area contributed by atoms with E-state index in [-0.39, 0.29) is 58.8 Å². The molecular formula is C35H48N4O5. The van der Waals surface area contributed by atoms with E-state index in [9.17, 15) is 9.59 Å². The number of hydrogen-bond donors (Lipinski definition) is 0. The standard InChI is InChI=1S/C35H48N4O5/c1-20-14-15-34(4)23(17-20)18-28(44-22(3)40)30-25-12-11-24(21(2)10-13-29(41)43-6)35(25,5)33(42)32(31(30)34)39-19-27(37-38-39)26-9-7-8-16-36-26/h7-9,16,19-21,23-25,28,30-32H,10-15,17-18H2,1-6H3/t20-,21-,23+,24?,25?,28?,30?,31?,32?,34+,35-/m1/s1. The van der Waals surface area contributed by atoms with Crippen molar-refractivity contribution < 1.29 is 23.9 Å². The van der Waals surface area contributed by atoms with Crippen molar-refractivity contribution in [2.45, 2.75) is 98.1 Å². The first-order valence-corrected chi connectivity index (χ1v) is 16.6. The molecule has 0 saturated heterocycles. The number of Topliss-reactive ketones (excluding diaryl/α,β-unsaturated/α-hetero) is 1. The van der Waals surface area contributed by atoms with Gasteiger partial charge in [-0.2, -0.15) is 0 Å². The highest BCUT2D eigenvalue weighted by Crippen LogP contribution is 2.70. The Morgan fingerprint density at radius 3 is 2.64 bits per heavy atom. The molecule has 0 amide bonds. The highest BCUT2D eigenvalue weighted by atomic mass is 16.5. The summed E-state index contributed by atoms with van der Waals surface area (Å²) in [5, 5.41) is 9.17. The van der Waals surface area contributed by atoms with Crippen molar-refractivity contribution in [1.29, 1.82) is 0 Å². The van der Waals surface area contributed by atoms with Crippen LogP contribution >= 0.6 is 0 Å². The molecule has 238 valence electrons. The summed E-state index contributed by atoms with van der Waals surface area (Å²) in [5.41, 5.74) is 0.612. The minimum Gasteiger partial charge on any atom is -0.469 e. The van der Waals surface area contributed by atoms with Gasteiger partial charge < -0.3 is 9.47 Å². The summed E-state index contributed by atoms with van der Waals surface area (Å²) >= 11 is 0. The summed E-state index contributed by atoms with van der Waals surface area (Å²) in [4.78, 5) is 44.5. The van der Waals surface area contributed by atoms with Crippen molar-refractivity contribution in [2.75, 3.05) is 7.11 Å². The van der Waals surface area contributed by atoms with Crippen LogP contribution in [0.25, 0.3) is 11.4 Å².